The molecule has 10 N–H and O–H groups in total. The molecule has 1 aliphatic heterocycles. The molecule has 34 nitrogen and oxygen atoms in total. The van der Waals surface area contributed by atoms with Crippen LogP contribution in [0.4, 0.5) is 0 Å². The molecule has 3 rings (SSSR count). The molecule has 135 heavy (non-hydrogen) atoms. The Morgan fingerprint density at radius 1 is 0.415 bits per heavy atom. The summed E-state index contributed by atoms with van der Waals surface area (Å²) in [5.41, 5.74) is 4.22. The molecule has 1 heterocycles. The number of aliphatic carboxylic acids is 2. The van der Waals surface area contributed by atoms with Gasteiger partial charge in [-0.2, -0.15) is 67.5 Å². The predicted octanol–water partition coefficient (Wildman–Crippen LogP) is 14.8. The molecule has 0 aromatic heterocycles. The lowest BCUT2D eigenvalue weighted by Crippen LogP contribution is -2.47. The minimum Gasteiger partial charge on any atom is -0.481 e. The van der Waals surface area contributed by atoms with Gasteiger partial charge in [-0.25, -0.2) is 24.0 Å². The first-order valence-electron chi connectivity index (χ1n) is 42.7. The third-order valence-electron chi connectivity index (χ3n) is 16.9. The number of hydroxylamine groups is 2. The number of esters is 5. The lowest BCUT2D eigenvalue weighted by molar-refractivity contribution is -0.197. The van der Waals surface area contributed by atoms with Gasteiger partial charge in [0.05, 0.1) is 6.61 Å². The molecule has 0 bridgehead atoms. The number of rotatable bonds is 44. The molecule has 0 saturated carbocycles. The molecular formula is C91H151Cl5N8O26S5. The number of carbonyl (C=O) groups excluding carboxylic acids is 16. The molecule has 0 aliphatic carbocycles. The van der Waals surface area contributed by atoms with Crippen LogP contribution in [0.3, 0.4) is 0 Å². The third kappa shape index (κ3) is 72.4. The number of ketones is 4. The summed E-state index contributed by atoms with van der Waals surface area (Å²) in [7, 11) is 0. The summed E-state index contributed by atoms with van der Waals surface area (Å²) in [4.78, 5) is 215. The summed E-state index contributed by atoms with van der Waals surface area (Å²) in [6.45, 7) is 42.9. The topological polar surface area (TPSA) is 528 Å². The van der Waals surface area contributed by atoms with E-state index < -0.39 is 112 Å². The highest BCUT2D eigenvalue weighted by atomic mass is 35.5. The highest BCUT2D eigenvalue weighted by molar-refractivity contribution is 7.60. The van der Waals surface area contributed by atoms with E-state index in [1.807, 2.05) is 62.3 Å². The van der Waals surface area contributed by atoms with E-state index in [0.29, 0.717) is 42.9 Å². The van der Waals surface area contributed by atoms with Gasteiger partial charge >= 0.3 is 47.8 Å². The standard InChI is InChI=1S/C25H34Cl2N2O5.C21H26Cl2N2O5.C18H28N2O7.C14H25NO5.C9H19NO2.C4H8O2.ClH.5H2S/c1-15(2)23(24(33)34-25(3,4)5)29-22(32)11-6-8-17(30)12-16(28)13-18(31)14-19-20(26)9-7-10-21(19)27;1-12(2)20(21(29)30)25-19(28)8-3-5-14(26)9-13(24)10-15(27)11-16-17(22)6-4-7-18(16)23;1-11(2)16(17(25)26-18(3,4)5)19-12(21)7-6-8-15(24)27-20-13(22)9-10-14(20)23;1-9(2)12(13(19)20-14(3,4)5)15-10(16)7-6-8-11(17)18;1-6(2)7(10)8(11)12-9(3,4)5;1-3-6-4(2)5;;;;;;/h7,9-10,15,23,28H,6,8,11-14H2,1-5H3,(H,29,32);4,6-7,12,20,24H,3,5,8-11H2,1-2H3,(H,25,28)(H,29,30);11,16H,6-10H2,1-5H3,(H,19,21);9,12H,6-8H2,1-5H3,(H,15,16)(H,17,18);6-7H,10H2,1-5H3;3H2,1-2H3;1H;5*1H2/t23-;20-;16-;12-;7-;;;;;;;/m00000......./s1. The van der Waals surface area contributed by atoms with Gasteiger partial charge in [-0.1, -0.05) is 128 Å². The van der Waals surface area contributed by atoms with Crippen molar-refractivity contribution in [1.29, 1.82) is 10.8 Å². The van der Waals surface area contributed by atoms with Crippen molar-refractivity contribution in [2.75, 3.05) is 6.61 Å². The van der Waals surface area contributed by atoms with Crippen molar-refractivity contribution in [3.8, 4) is 0 Å². The van der Waals surface area contributed by atoms with Gasteiger partial charge in [0.15, 0.2) is 0 Å². The van der Waals surface area contributed by atoms with Crippen LogP contribution >= 0.6 is 126 Å². The fourth-order valence-corrected chi connectivity index (χ4v) is 11.7. The van der Waals surface area contributed by atoms with Gasteiger partial charge < -0.3 is 76.6 Å². The van der Waals surface area contributed by atoms with Gasteiger partial charge in [-0.15, -0.1) is 17.5 Å². The van der Waals surface area contributed by atoms with Crippen molar-refractivity contribution in [3.05, 3.63) is 67.6 Å². The van der Waals surface area contributed by atoms with Gasteiger partial charge in [0.1, 0.15) is 75.7 Å². The van der Waals surface area contributed by atoms with Crippen molar-refractivity contribution in [1.82, 2.24) is 26.3 Å². The number of amides is 6. The van der Waals surface area contributed by atoms with Crippen LogP contribution in [-0.4, -0.2) is 192 Å². The zero-order chi connectivity index (χ0) is 101. The Hall–Kier alpha value is -7.60. The number of imide groups is 1. The molecule has 0 unspecified atom stereocenters. The van der Waals surface area contributed by atoms with Crippen LogP contribution in [0.2, 0.25) is 20.1 Å². The van der Waals surface area contributed by atoms with Gasteiger partial charge in [0.2, 0.25) is 23.6 Å². The number of halogens is 5. The van der Waals surface area contributed by atoms with E-state index >= 15 is 0 Å². The zero-order valence-corrected chi connectivity index (χ0v) is 91.1. The summed E-state index contributed by atoms with van der Waals surface area (Å²) < 4.78 is 25.4. The maximum Gasteiger partial charge on any atom is 0.333 e. The van der Waals surface area contributed by atoms with E-state index in [-0.39, 0.29) is 296 Å². The van der Waals surface area contributed by atoms with Crippen LogP contribution in [0, 0.1) is 40.4 Å². The molecule has 0 spiro atoms. The largest absolute Gasteiger partial charge is 0.481 e. The number of benzene rings is 2. The van der Waals surface area contributed by atoms with Crippen molar-refractivity contribution < 1.29 is 125 Å². The summed E-state index contributed by atoms with van der Waals surface area (Å²) >= 11 is 24.2. The van der Waals surface area contributed by atoms with Crippen molar-refractivity contribution in [2.24, 2.45) is 35.3 Å². The molecule has 1 saturated heterocycles. The average molecular weight is 2110 g/mol. The van der Waals surface area contributed by atoms with E-state index in [4.69, 9.17) is 97.0 Å². The number of carboxylic acids is 2. The number of hydrogen-bond acceptors (Lipinski definition) is 27. The average Bonchev–Trinajstić information content (AvgIpc) is 1.85. The SMILES string of the molecule is CC(C)[C@H](N)C(=O)OC(C)(C)C.CC(C)[C@H](NC(=O)CCCC(=O)CC(=N)CC(=O)Cc1c(Cl)cccc1Cl)C(=O)O.CC(C)[C@H](NC(=O)CCCC(=O)CC(=N)CC(=O)Cc1c(Cl)cccc1Cl)C(=O)OC(C)(C)C.CC(C)[C@H](NC(=O)CCCC(=O)O)C(=O)OC(C)(C)C.CC(C)[C@H](NC(=O)CCCC(=O)ON1C(=O)CCC1=O)C(=O)OC(C)(C)C.CCOC(C)=O.Cl.S.S.S.S.S. The Balaban J connectivity index is -0.000000210. The number of nitrogens with one attached hydrogen (secondary N) is 6. The van der Waals surface area contributed by atoms with Crippen molar-refractivity contribution >= 4 is 244 Å². The van der Waals surface area contributed by atoms with Crippen LogP contribution in [0.1, 0.15) is 293 Å². The Morgan fingerprint density at radius 3 is 0.911 bits per heavy atom. The summed E-state index contributed by atoms with van der Waals surface area (Å²) in [5.74, 6) is -9.02. The minimum atomic E-state index is -1.11. The zero-order valence-electron chi connectivity index (χ0n) is 82.2. The number of nitrogens with zero attached hydrogens (tertiary/aromatic N) is 1. The smallest absolute Gasteiger partial charge is 0.333 e. The first kappa shape index (κ1) is 145. The summed E-state index contributed by atoms with van der Waals surface area (Å²) in [5, 5.41) is 45.7. The van der Waals surface area contributed by atoms with E-state index in [1.165, 1.54) is 6.92 Å². The monoisotopic (exact) mass is 2110 g/mol. The fraction of sp³-hybridized carbons (Fsp3) is 0.648. The maximum absolute atomic E-state index is 12.3. The lowest BCUT2D eigenvalue weighted by Gasteiger charge is -2.26. The highest BCUT2D eigenvalue weighted by Gasteiger charge is 2.36. The second-order valence-electron chi connectivity index (χ2n) is 36.0. The van der Waals surface area contributed by atoms with Crippen LogP contribution in [-0.2, 0) is 128 Å². The quantitative estimate of drug-likeness (QED) is 0.0129. The van der Waals surface area contributed by atoms with Crippen LogP contribution in [0.25, 0.3) is 0 Å². The maximum atomic E-state index is 12.3. The predicted molar refractivity (Wildman–Crippen MR) is 547 cm³/mol. The third-order valence-corrected chi connectivity index (χ3v) is 18.4. The van der Waals surface area contributed by atoms with E-state index in [2.05, 4.69) is 26.0 Å². The second kappa shape index (κ2) is 73.5. The van der Waals surface area contributed by atoms with Gasteiger partial charge in [0, 0.05) is 141 Å². The minimum absolute atomic E-state index is 0. The number of carbonyl (C=O) groups is 18. The van der Waals surface area contributed by atoms with Gasteiger partial charge in [0.25, 0.3) is 11.8 Å². The van der Waals surface area contributed by atoms with E-state index in [1.54, 1.807) is 133 Å². The number of Topliss-reactive ketones (excluding diaryl/α,β-unsaturated/α-hetero) is 4. The van der Waals surface area contributed by atoms with Gasteiger partial charge in [-0.3, -0.25) is 62.3 Å². The number of carboxylic acid groups (broad SMARTS) is 2. The normalized spacial score (nSPS) is 12.4. The van der Waals surface area contributed by atoms with E-state index in [0.717, 1.165) is 0 Å². The first-order chi connectivity index (χ1) is 59.1. The molecule has 2 aromatic carbocycles. The van der Waals surface area contributed by atoms with Crippen molar-refractivity contribution in [3.63, 3.8) is 0 Å². The summed E-state index contributed by atoms with van der Waals surface area (Å²) in [6, 6.07) is 6.12. The number of ether oxygens (including phenoxy) is 5. The Kier molecular flexibility index (Phi) is 79.1. The number of hydrogen-bond donors (Lipinski definition) is 9. The van der Waals surface area contributed by atoms with Crippen LogP contribution in [0.15, 0.2) is 36.4 Å². The molecule has 1 aliphatic rings. The molecule has 776 valence electrons. The molecule has 2 aromatic rings. The highest BCUT2D eigenvalue weighted by Crippen LogP contribution is 2.28. The van der Waals surface area contributed by atoms with Crippen LogP contribution < -0.4 is 27.0 Å². The summed E-state index contributed by atoms with van der Waals surface area (Å²) in [6.07, 6.45) is 0.382. The molecule has 6 amide bonds. The molecule has 44 heteroatoms. The van der Waals surface area contributed by atoms with Crippen LogP contribution in [0.5, 0.6) is 0 Å². The Morgan fingerprint density at radius 2 is 0.674 bits per heavy atom. The van der Waals surface area contributed by atoms with E-state index in [9.17, 15) is 86.3 Å². The van der Waals surface area contributed by atoms with Crippen molar-refractivity contribution in [2.45, 2.75) is 347 Å². The molecular weight excluding hydrogens is 1960 g/mol. The second-order valence-corrected chi connectivity index (χ2v) is 37.6. The lowest BCUT2D eigenvalue weighted by atomic mass is 10.0. The molecule has 0 radical (unpaired) electrons. The molecule has 5 atom stereocenters. The Labute approximate surface area is 856 Å². The van der Waals surface area contributed by atoms with Gasteiger partial charge in [-0.05, 0) is 181 Å². The Bertz CT molecular complexity index is 4100. The fourth-order valence-electron chi connectivity index (χ4n) is 10.6. The first-order valence-corrected chi connectivity index (χ1v) is 44.2. The molecule has 1 fully saturated rings. The number of nitrogens with two attached hydrogens (primary N) is 1.